The Bertz CT molecular complexity index is 1170. The molecule has 4 rings (SSSR count). The van der Waals surface area contributed by atoms with Gasteiger partial charge in [-0.3, -0.25) is 4.79 Å². The molecule has 0 aliphatic carbocycles. The van der Waals surface area contributed by atoms with Crippen LogP contribution in [0, 0.1) is 13.8 Å². The number of H-pyrrole nitrogens is 1. The number of aryl methyl sites for hydroxylation is 2. The lowest BCUT2D eigenvalue weighted by atomic mass is 10.0. The Balaban J connectivity index is 1.48. The molecule has 1 aliphatic heterocycles. The van der Waals surface area contributed by atoms with Crippen LogP contribution in [0.3, 0.4) is 0 Å². The van der Waals surface area contributed by atoms with Gasteiger partial charge in [0.1, 0.15) is 0 Å². The Morgan fingerprint density at radius 3 is 2.56 bits per heavy atom. The predicted molar refractivity (Wildman–Crippen MR) is 145 cm³/mol. The van der Waals surface area contributed by atoms with Gasteiger partial charge < -0.3 is 20.1 Å². The summed E-state index contributed by atoms with van der Waals surface area (Å²) in [6.45, 7) is 9.53. The van der Waals surface area contributed by atoms with Crippen LogP contribution >= 0.6 is 12.2 Å². The van der Waals surface area contributed by atoms with Crippen LogP contribution in [0.4, 0.5) is 0 Å². The molecule has 1 aliphatic rings. The van der Waals surface area contributed by atoms with Crippen molar-refractivity contribution >= 4 is 28.2 Å². The molecule has 3 aromatic rings. The van der Waals surface area contributed by atoms with E-state index in [1.165, 1.54) is 36.0 Å². The van der Waals surface area contributed by atoms with Crippen molar-refractivity contribution in [1.29, 1.82) is 0 Å². The first-order chi connectivity index (χ1) is 16.5. The maximum atomic E-state index is 12.9. The molecular weight excluding hydrogens is 440 g/mol. The number of benzene rings is 2. The van der Waals surface area contributed by atoms with E-state index in [1.807, 2.05) is 12.1 Å². The van der Waals surface area contributed by atoms with Gasteiger partial charge in [0.25, 0.3) is 5.56 Å². The Morgan fingerprint density at radius 1 is 1.06 bits per heavy atom. The highest BCUT2D eigenvalue weighted by Gasteiger charge is 2.16. The highest BCUT2D eigenvalue weighted by Crippen LogP contribution is 2.18. The number of piperidine rings is 1. The lowest BCUT2D eigenvalue weighted by Crippen LogP contribution is -2.45. The van der Waals surface area contributed by atoms with Gasteiger partial charge in [-0.05, 0) is 98.7 Å². The molecule has 0 unspecified atom stereocenters. The van der Waals surface area contributed by atoms with Crippen molar-refractivity contribution in [2.45, 2.75) is 46.1 Å². The number of aromatic nitrogens is 1. The molecule has 1 fully saturated rings. The normalized spacial score (nSPS) is 14.3. The Morgan fingerprint density at radius 2 is 1.79 bits per heavy atom. The molecule has 5 nitrogen and oxygen atoms in total. The second-order valence-corrected chi connectivity index (χ2v) is 9.83. The number of hydrogen-bond donors (Lipinski definition) is 2. The van der Waals surface area contributed by atoms with Crippen molar-refractivity contribution in [3.8, 4) is 0 Å². The van der Waals surface area contributed by atoms with Crippen LogP contribution in [0.5, 0.6) is 0 Å². The first-order valence-corrected chi connectivity index (χ1v) is 12.8. The lowest BCUT2D eigenvalue weighted by Gasteiger charge is -2.31. The highest BCUT2D eigenvalue weighted by molar-refractivity contribution is 7.80. The van der Waals surface area contributed by atoms with Crippen LogP contribution in [0.15, 0.2) is 53.3 Å². The monoisotopic (exact) mass is 476 g/mol. The summed E-state index contributed by atoms with van der Waals surface area (Å²) in [6.07, 6.45) is 4.77. The summed E-state index contributed by atoms with van der Waals surface area (Å²) < 4.78 is 0. The SMILES string of the molecule is Cc1cc2cc(CN(CCN3CCCCC3)C(=S)NCCc3ccccc3)c(=O)[nH]c2cc1C. The van der Waals surface area contributed by atoms with Crippen LogP contribution in [0.1, 0.15) is 41.5 Å². The van der Waals surface area contributed by atoms with E-state index >= 15 is 0 Å². The van der Waals surface area contributed by atoms with E-state index in [0.717, 1.165) is 55.6 Å². The number of fused-ring (bicyclic) bond motifs is 1. The third-order valence-corrected chi connectivity index (χ3v) is 7.25. The van der Waals surface area contributed by atoms with Crippen molar-refractivity contribution in [3.63, 3.8) is 0 Å². The minimum Gasteiger partial charge on any atom is -0.362 e. The summed E-state index contributed by atoms with van der Waals surface area (Å²) in [6, 6.07) is 16.7. The fraction of sp³-hybridized carbons (Fsp3) is 0.429. The summed E-state index contributed by atoms with van der Waals surface area (Å²) in [4.78, 5) is 20.7. The largest absolute Gasteiger partial charge is 0.362 e. The number of likely N-dealkylation sites (tertiary alicyclic amines) is 1. The fourth-order valence-corrected chi connectivity index (χ4v) is 4.87. The number of nitrogens with zero attached hydrogens (tertiary/aromatic N) is 2. The lowest BCUT2D eigenvalue weighted by molar-refractivity contribution is 0.208. The van der Waals surface area contributed by atoms with Gasteiger partial charge in [-0.25, -0.2) is 0 Å². The van der Waals surface area contributed by atoms with Gasteiger partial charge in [-0.15, -0.1) is 0 Å². The Hall–Kier alpha value is -2.70. The van der Waals surface area contributed by atoms with Crippen LogP contribution in [-0.2, 0) is 13.0 Å². The summed E-state index contributed by atoms with van der Waals surface area (Å²) in [5.74, 6) is 0. The number of nitrogens with one attached hydrogen (secondary N) is 2. The molecule has 6 heteroatoms. The van der Waals surface area contributed by atoms with Crippen molar-refractivity contribution in [2.24, 2.45) is 0 Å². The third kappa shape index (κ3) is 6.45. The minimum absolute atomic E-state index is 0.0363. The van der Waals surface area contributed by atoms with E-state index in [1.54, 1.807) is 0 Å². The van der Waals surface area contributed by atoms with Gasteiger partial charge in [0.15, 0.2) is 5.11 Å². The molecule has 2 aromatic carbocycles. The van der Waals surface area contributed by atoms with Gasteiger partial charge in [0, 0.05) is 30.7 Å². The average molecular weight is 477 g/mol. The average Bonchev–Trinajstić information content (AvgIpc) is 2.84. The molecular formula is C28H36N4OS. The van der Waals surface area contributed by atoms with E-state index in [4.69, 9.17) is 12.2 Å². The number of rotatable bonds is 8. The second kappa shape index (κ2) is 11.6. The van der Waals surface area contributed by atoms with Crippen LogP contribution < -0.4 is 10.9 Å². The summed E-state index contributed by atoms with van der Waals surface area (Å²) >= 11 is 5.82. The number of hydrogen-bond acceptors (Lipinski definition) is 3. The summed E-state index contributed by atoms with van der Waals surface area (Å²) in [5.41, 5.74) is 5.30. The van der Waals surface area contributed by atoms with Crippen LogP contribution in [-0.4, -0.2) is 52.6 Å². The molecule has 0 amide bonds. The van der Waals surface area contributed by atoms with Crippen molar-refractivity contribution in [3.05, 3.63) is 81.1 Å². The van der Waals surface area contributed by atoms with E-state index in [-0.39, 0.29) is 5.56 Å². The number of aromatic amines is 1. The third-order valence-electron chi connectivity index (χ3n) is 6.85. The van der Waals surface area contributed by atoms with Gasteiger partial charge in [0.05, 0.1) is 6.54 Å². The molecule has 1 aromatic heterocycles. The predicted octanol–water partition coefficient (Wildman–Crippen LogP) is 4.55. The highest BCUT2D eigenvalue weighted by atomic mass is 32.1. The topological polar surface area (TPSA) is 51.4 Å². The molecule has 180 valence electrons. The quantitative estimate of drug-likeness (QED) is 0.467. The Kier molecular flexibility index (Phi) is 8.35. The standard InChI is InChI=1S/C28H36N4OS/c1-21-17-24-19-25(27(33)30-26(24)18-22(21)2)20-32(16-15-31-13-7-4-8-14-31)28(34)29-12-11-23-9-5-3-6-10-23/h3,5-6,9-10,17-19H,4,7-8,11-16,20H2,1-2H3,(H,29,34)(H,30,33). The molecule has 2 N–H and O–H groups in total. The van der Waals surface area contributed by atoms with Crippen molar-refractivity contribution in [1.82, 2.24) is 20.1 Å². The zero-order chi connectivity index (χ0) is 23.9. The number of thiocarbonyl (C=S) groups is 1. The molecule has 0 saturated carbocycles. The van der Waals surface area contributed by atoms with Gasteiger partial charge >= 0.3 is 0 Å². The maximum absolute atomic E-state index is 12.9. The van der Waals surface area contributed by atoms with Crippen molar-refractivity contribution in [2.75, 3.05) is 32.7 Å². The van der Waals surface area contributed by atoms with Gasteiger partial charge in [0.2, 0.25) is 0 Å². The molecule has 2 heterocycles. The van der Waals surface area contributed by atoms with Crippen LogP contribution in [0.2, 0.25) is 0 Å². The number of pyridine rings is 1. The van der Waals surface area contributed by atoms with Gasteiger partial charge in [-0.1, -0.05) is 36.8 Å². The second-order valence-electron chi connectivity index (χ2n) is 9.44. The van der Waals surface area contributed by atoms with E-state index in [9.17, 15) is 4.79 Å². The fourth-order valence-electron chi connectivity index (χ4n) is 4.61. The van der Waals surface area contributed by atoms with E-state index in [2.05, 4.69) is 70.3 Å². The van der Waals surface area contributed by atoms with Gasteiger partial charge in [-0.2, -0.15) is 0 Å². The maximum Gasteiger partial charge on any atom is 0.253 e. The first-order valence-electron chi connectivity index (χ1n) is 12.4. The smallest absolute Gasteiger partial charge is 0.253 e. The molecule has 1 saturated heterocycles. The zero-order valence-corrected chi connectivity index (χ0v) is 21.2. The van der Waals surface area contributed by atoms with E-state index in [0.29, 0.717) is 11.7 Å². The Labute approximate surface area is 208 Å². The van der Waals surface area contributed by atoms with Crippen LogP contribution in [0.25, 0.3) is 10.9 Å². The molecule has 0 atom stereocenters. The van der Waals surface area contributed by atoms with Crippen molar-refractivity contribution < 1.29 is 0 Å². The molecule has 0 spiro atoms. The summed E-state index contributed by atoms with van der Waals surface area (Å²) in [7, 11) is 0. The molecule has 0 bridgehead atoms. The molecule has 0 radical (unpaired) electrons. The molecule has 34 heavy (non-hydrogen) atoms. The van der Waals surface area contributed by atoms with E-state index < -0.39 is 0 Å². The first kappa shape index (κ1) is 24.4. The zero-order valence-electron chi connectivity index (χ0n) is 20.4. The summed E-state index contributed by atoms with van der Waals surface area (Å²) in [5, 5.41) is 5.22. The minimum atomic E-state index is -0.0363.